The van der Waals surface area contributed by atoms with Crippen molar-refractivity contribution in [1.82, 2.24) is 0 Å². The van der Waals surface area contributed by atoms with Crippen LogP contribution >= 0.6 is 0 Å². The zero-order valence-corrected chi connectivity index (χ0v) is 6.55. The SMILES string of the molecule is CC/C(N=C=O)=C(/C)C(N)=O. The average Bonchev–Trinajstić information content (AvgIpc) is 1.98. The zero-order chi connectivity index (χ0) is 8.85. The molecule has 0 spiro atoms. The molecule has 0 heterocycles. The average molecular weight is 154 g/mol. The molecular formula is C7H10N2O2. The molecule has 0 fully saturated rings. The predicted molar refractivity (Wildman–Crippen MR) is 40.3 cm³/mol. The number of rotatable bonds is 3. The summed E-state index contributed by atoms with van der Waals surface area (Å²) in [5, 5.41) is 0. The Labute approximate surface area is 64.8 Å². The standard InChI is InChI=1S/C7H10N2O2/c1-3-6(9-4-10)5(2)7(8)11/h3H2,1-2H3,(H2,8,11)/b6-5+. The fourth-order valence-electron chi connectivity index (χ4n) is 0.625. The van der Waals surface area contributed by atoms with Gasteiger partial charge >= 0.3 is 0 Å². The van der Waals surface area contributed by atoms with E-state index in [0.29, 0.717) is 17.7 Å². The highest BCUT2D eigenvalue weighted by molar-refractivity contribution is 5.92. The van der Waals surface area contributed by atoms with Gasteiger partial charge < -0.3 is 5.73 Å². The van der Waals surface area contributed by atoms with Crippen LogP contribution in [0.5, 0.6) is 0 Å². The number of nitrogens with zero attached hydrogens (tertiary/aromatic N) is 1. The molecule has 0 aliphatic carbocycles. The Bertz CT molecular complexity index is 237. The van der Waals surface area contributed by atoms with Crippen LogP contribution in [-0.2, 0) is 9.59 Å². The second-order valence-electron chi connectivity index (χ2n) is 1.99. The summed E-state index contributed by atoms with van der Waals surface area (Å²) in [6.07, 6.45) is 1.87. The Kier molecular flexibility index (Phi) is 3.85. The lowest BCUT2D eigenvalue weighted by atomic mass is 10.2. The molecule has 0 aromatic carbocycles. The van der Waals surface area contributed by atoms with Crippen LogP contribution in [0.15, 0.2) is 16.3 Å². The van der Waals surface area contributed by atoms with E-state index in [1.807, 2.05) is 0 Å². The van der Waals surface area contributed by atoms with E-state index in [1.54, 1.807) is 6.92 Å². The van der Waals surface area contributed by atoms with Crippen LogP contribution in [-0.4, -0.2) is 12.0 Å². The lowest BCUT2D eigenvalue weighted by Gasteiger charge is -1.97. The fraction of sp³-hybridized carbons (Fsp3) is 0.429. The molecule has 4 heteroatoms. The summed E-state index contributed by atoms with van der Waals surface area (Å²) in [5.74, 6) is -0.555. The first-order valence-corrected chi connectivity index (χ1v) is 3.20. The molecule has 0 aliphatic heterocycles. The highest BCUT2D eigenvalue weighted by Crippen LogP contribution is 2.07. The van der Waals surface area contributed by atoms with Crippen molar-refractivity contribution in [2.45, 2.75) is 20.3 Å². The molecule has 2 N–H and O–H groups in total. The van der Waals surface area contributed by atoms with E-state index in [4.69, 9.17) is 5.73 Å². The molecule has 0 saturated heterocycles. The summed E-state index contributed by atoms with van der Waals surface area (Å²) in [5.41, 5.74) is 5.67. The van der Waals surface area contributed by atoms with Crippen LogP contribution in [0.3, 0.4) is 0 Å². The van der Waals surface area contributed by atoms with E-state index in [0.717, 1.165) is 0 Å². The van der Waals surface area contributed by atoms with Crippen molar-refractivity contribution < 1.29 is 9.59 Å². The van der Waals surface area contributed by atoms with Crippen LogP contribution in [0, 0.1) is 0 Å². The number of hydrogen-bond acceptors (Lipinski definition) is 3. The normalized spacial score (nSPS) is 11.5. The Morgan fingerprint density at radius 3 is 2.45 bits per heavy atom. The number of allylic oxidation sites excluding steroid dienone is 1. The minimum absolute atomic E-state index is 0.316. The van der Waals surface area contributed by atoms with Gasteiger partial charge in [0.25, 0.3) is 0 Å². The van der Waals surface area contributed by atoms with E-state index in [2.05, 4.69) is 4.99 Å². The second-order valence-corrected chi connectivity index (χ2v) is 1.99. The van der Waals surface area contributed by atoms with Crippen molar-refractivity contribution >= 4 is 12.0 Å². The van der Waals surface area contributed by atoms with Crippen LogP contribution in [0.2, 0.25) is 0 Å². The van der Waals surface area contributed by atoms with Gasteiger partial charge in [-0.1, -0.05) is 6.92 Å². The van der Waals surface area contributed by atoms with Crippen molar-refractivity contribution in [3.63, 3.8) is 0 Å². The summed E-state index contributed by atoms with van der Waals surface area (Å²) in [6, 6.07) is 0. The molecule has 0 aromatic rings. The van der Waals surface area contributed by atoms with Gasteiger partial charge in [0, 0.05) is 5.57 Å². The number of hydrogen-bond donors (Lipinski definition) is 1. The molecule has 1 amide bonds. The van der Waals surface area contributed by atoms with Gasteiger partial charge in [-0.05, 0) is 13.3 Å². The topological polar surface area (TPSA) is 72.5 Å². The Morgan fingerprint density at radius 2 is 2.18 bits per heavy atom. The quantitative estimate of drug-likeness (QED) is 0.365. The van der Waals surface area contributed by atoms with Crippen LogP contribution in [0.25, 0.3) is 0 Å². The molecule has 0 aromatic heterocycles. The number of carbonyl (C=O) groups is 1. The summed E-state index contributed by atoms with van der Waals surface area (Å²) in [7, 11) is 0. The van der Waals surface area contributed by atoms with Crippen molar-refractivity contribution in [2.24, 2.45) is 10.7 Å². The zero-order valence-electron chi connectivity index (χ0n) is 6.55. The number of aliphatic imine (C=N–C) groups is 1. The first kappa shape index (κ1) is 9.59. The van der Waals surface area contributed by atoms with Gasteiger partial charge in [0.15, 0.2) is 0 Å². The summed E-state index contributed by atoms with van der Waals surface area (Å²) in [4.78, 5) is 23.7. The highest BCUT2D eigenvalue weighted by atomic mass is 16.1. The van der Waals surface area contributed by atoms with E-state index in [1.165, 1.54) is 13.0 Å². The monoisotopic (exact) mass is 154 g/mol. The summed E-state index contributed by atoms with van der Waals surface area (Å²) < 4.78 is 0. The summed E-state index contributed by atoms with van der Waals surface area (Å²) >= 11 is 0. The van der Waals surface area contributed by atoms with Gasteiger partial charge in [-0.3, -0.25) is 4.79 Å². The lowest BCUT2D eigenvalue weighted by molar-refractivity contribution is -0.114. The van der Waals surface area contributed by atoms with E-state index >= 15 is 0 Å². The number of amides is 1. The smallest absolute Gasteiger partial charge is 0.246 e. The molecule has 0 bridgehead atoms. The minimum atomic E-state index is -0.555. The van der Waals surface area contributed by atoms with Crippen molar-refractivity contribution in [3.05, 3.63) is 11.3 Å². The van der Waals surface area contributed by atoms with Gasteiger partial charge in [-0.15, -0.1) is 0 Å². The highest BCUT2D eigenvalue weighted by Gasteiger charge is 2.03. The molecule has 0 saturated carbocycles. The summed E-state index contributed by atoms with van der Waals surface area (Å²) in [6.45, 7) is 3.31. The molecular weight excluding hydrogens is 144 g/mol. The largest absolute Gasteiger partial charge is 0.366 e. The van der Waals surface area contributed by atoms with E-state index < -0.39 is 5.91 Å². The number of nitrogens with two attached hydrogens (primary N) is 1. The van der Waals surface area contributed by atoms with Gasteiger partial charge in [-0.25, -0.2) is 4.79 Å². The van der Waals surface area contributed by atoms with Crippen LogP contribution in [0.1, 0.15) is 20.3 Å². The molecule has 11 heavy (non-hydrogen) atoms. The maximum absolute atomic E-state index is 10.5. The third-order valence-corrected chi connectivity index (χ3v) is 1.32. The molecule has 60 valence electrons. The predicted octanol–water partition coefficient (Wildman–Crippen LogP) is 0.492. The maximum Gasteiger partial charge on any atom is 0.246 e. The van der Waals surface area contributed by atoms with Crippen LogP contribution in [0.4, 0.5) is 0 Å². The first-order valence-electron chi connectivity index (χ1n) is 3.20. The maximum atomic E-state index is 10.5. The molecule has 0 radical (unpaired) electrons. The fourth-order valence-corrected chi connectivity index (χ4v) is 0.625. The van der Waals surface area contributed by atoms with E-state index in [-0.39, 0.29) is 0 Å². The van der Waals surface area contributed by atoms with Crippen LogP contribution < -0.4 is 5.73 Å². The van der Waals surface area contributed by atoms with Crippen molar-refractivity contribution in [3.8, 4) is 0 Å². The van der Waals surface area contributed by atoms with Crippen molar-refractivity contribution in [1.29, 1.82) is 0 Å². The van der Waals surface area contributed by atoms with Gasteiger partial charge in [-0.2, -0.15) is 4.99 Å². The second kappa shape index (κ2) is 4.41. The molecule has 0 atom stereocenters. The lowest BCUT2D eigenvalue weighted by Crippen LogP contribution is -2.13. The van der Waals surface area contributed by atoms with Gasteiger partial charge in [0.1, 0.15) is 0 Å². The number of isocyanates is 1. The Morgan fingerprint density at radius 1 is 1.64 bits per heavy atom. The van der Waals surface area contributed by atoms with Gasteiger partial charge in [0.05, 0.1) is 5.70 Å². The number of primary amides is 1. The number of carbonyl (C=O) groups excluding carboxylic acids is 2. The first-order chi connectivity index (χ1) is 5.13. The van der Waals surface area contributed by atoms with E-state index in [9.17, 15) is 9.59 Å². The third kappa shape index (κ3) is 2.78. The Hall–Kier alpha value is -1.41. The minimum Gasteiger partial charge on any atom is -0.366 e. The molecule has 0 aliphatic rings. The van der Waals surface area contributed by atoms with Crippen molar-refractivity contribution in [2.75, 3.05) is 0 Å². The molecule has 4 nitrogen and oxygen atoms in total. The van der Waals surface area contributed by atoms with Gasteiger partial charge in [0.2, 0.25) is 12.0 Å². The third-order valence-electron chi connectivity index (χ3n) is 1.32. The molecule has 0 rings (SSSR count). The molecule has 0 unspecified atom stereocenters. The Balaban J connectivity index is 4.82.